The highest BCUT2D eigenvalue weighted by Gasteiger charge is 2.34. The van der Waals surface area contributed by atoms with Crippen LogP contribution < -0.4 is 0 Å². The van der Waals surface area contributed by atoms with Crippen LogP contribution in [0.15, 0.2) is 97.1 Å². The van der Waals surface area contributed by atoms with Crippen LogP contribution in [0.4, 0.5) is 0 Å². The maximum absolute atomic E-state index is 13.4. The number of hydrogen-bond acceptors (Lipinski definition) is 6. The number of thiazole rings is 1. The van der Waals surface area contributed by atoms with Crippen LogP contribution in [0.25, 0.3) is 43.5 Å². The van der Waals surface area contributed by atoms with Gasteiger partial charge in [-0.2, -0.15) is 0 Å². The summed E-state index contributed by atoms with van der Waals surface area (Å²) in [7, 11) is 0. The number of aromatic nitrogens is 4. The van der Waals surface area contributed by atoms with E-state index < -0.39 is 0 Å². The summed E-state index contributed by atoms with van der Waals surface area (Å²) < 4.78 is 2.83. The summed E-state index contributed by atoms with van der Waals surface area (Å²) in [5.41, 5.74) is 4.15. The molecule has 0 unspecified atom stereocenters. The summed E-state index contributed by atoms with van der Waals surface area (Å²) in [4.78, 5) is 40.0. The summed E-state index contributed by atoms with van der Waals surface area (Å²) in [6.45, 7) is 0. The lowest BCUT2D eigenvalue weighted by Gasteiger charge is -2.06. The Morgan fingerprint density at radius 3 is 2.08 bits per heavy atom. The average molecular weight is 485 g/mol. The molecule has 0 saturated heterocycles. The Balaban J connectivity index is 1.40. The van der Waals surface area contributed by atoms with Gasteiger partial charge >= 0.3 is 0 Å². The molecule has 3 aromatic heterocycles. The first kappa shape index (κ1) is 20.6. The van der Waals surface area contributed by atoms with E-state index in [1.807, 2.05) is 77.4 Å². The highest BCUT2D eigenvalue weighted by Crippen LogP contribution is 2.36. The summed E-state index contributed by atoms with van der Waals surface area (Å²) in [5.74, 6) is -0.529. The molecule has 6 nitrogen and oxygen atoms in total. The second-order valence-corrected chi connectivity index (χ2v) is 9.57. The lowest BCUT2D eigenvalue weighted by atomic mass is 10.0. The van der Waals surface area contributed by atoms with E-state index in [1.165, 1.54) is 6.33 Å². The van der Waals surface area contributed by atoms with Crippen LogP contribution in [0, 0.1) is 0 Å². The summed E-state index contributed by atoms with van der Waals surface area (Å²) in [6.07, 6.45) is 6.51. The fourth-order valence-corrected chi connectivity index (χ4v) is 5.68. The van der Waals surface area contributed by atoms with Crippen molar-refractivity contribution in [3.05, 3.63) is 114 Å². The molecular formula is C29H16N4O2S. The van der Waals surface area contributed by atoms with Crippen LogP contribution in [0.3, 0.4) is 0 Å². The van der Waals surface area contributed by atoms with E-state index >= 15 is 0 Å². The Kier molecular flexibility index (Phi) is 4.52. The Hall–Kier alpha value is -4.75. The molecule has 0 fully saturated rings. The Morgan fingerprint density at radius 1 is 0.778 bits per heavy atom. The van der Waals surface area contributed by atoms with Crippen molar-refractivity contribution in [2.45, 2.75) is 0 Å². The van der Waals surface area contributed by atoms with E-state index in [2.05, 4.69) is 9.97 Å². The molecule has 3 heterocycles. The normalized spacial score (nSPS) is 13.1. The van der Waals surface area contributed by atoms with E-state index in [-0.39, 0.29) is 17.1 Å². The first-order valence-electron chi connectivity index (χ1n) is 11.3. The minimum absolute atomic E-state index is 0.145. The number of benzene rings is 3. The van der Waals surface area contributed by atoms with Crippen molar-refractivity contribution in [2.75, 3.05) is 0 Å². The third-order valence-electron chi connectivity index (χ3n) is 6.37. The number of fused-ring (bicyclic) bond motifs is 3. The van der Waals surface area contributed by atoms with Gasteiger partial charge in [0.15, 0.2) is 17.2 Å². The monoisotopic (exact) mass is 484 g/mol. The van der Waals surface area contributed by atoms with E-state index in [4.69, 9.17) is 4.98 Å². The van der Waals surface area contributed by atoms with Gasteiger partial charge in [0, 0.05) is 16.7 Å². The predicted molar refractivity (Wildman–Crippen MR) is 141 cm³/mol. The first-order chi connectivity index (χ1) is 17.7. The molecule has 7 heteroatoms. The van der Waals surface area contributed by atoms with Crippen LogP contribution in [-0.2, 0) is 0 Å². The molecule has 0 radical (unpaired) electrons. The number of rotatable bonds is 3. The van der Waals surface area contributed by atoms with Gasteiger partial charge in [-0.25, -0.2) is 15.0 Å². The van der Waals surface area contributed by atoms with E-state index in [0.717, 1.165) is 31.7 Å². The first-order valence-corrected chi connectivity index (χ1v) is 12.2. The Morgan fingerprint density at radius 2 is 1.42 bits per heavy atom. The van der Waals surface area contributed by atoms with Gasteiger partial charge in [-0.15, -0.1) is 11.3 Å². The molecule has 7 rings (SSSR count). The lowest BCUT2D eigenvalue weighted by molar-refractivity contribution is 0.0990. The maximum Gasteiger partial charge on any atom is 0.197 e. The molecule has 0 atom stereocenters. The highest BCUT2D eigenvalue weighted by molar-refractivity contribution is 7.21. The topological polar surface area (TPSA) is 77.7 Å². The lowest BCUT2D eigenvalue weighted by Crippen LogP contribution is -2.03. The second kappa shape index (κ2) is 7.90. The van der Waals surface area contributed by atoms with Crippen LogP contribution in [0.2, 0.25) is 0 Å². The average Bonchev–Trinajstić information content (AvgIpc) is 3.55. The smallest absolute Gasteiger partial charge is 0.197 e. The van der Waals surface area contributed by atoms with Crippen LogP contribution in [-0.4, -0.2) is 31.1 Å². The standard InChI is InChI=1S/C29H16N4O2S/c34-26-22-10-18-8-4-5-9-19(18)11-23(22)27(35)24(26)12-20-13-25-28(33(20)21-14-30-16-31-15-21)32-29(36-25)17-6-2-1-3-7-17/h1-16H. The molecule has 0 N–H and O–H groups in total. The molecule has 0 aliphatic heterocycles. The summed E-state index contributed by atoms with van der Waals surface area (Å²) in [5, 5.41) is 2.75. The van der Waals surface area contributed by atoms with E-state index in [0.29, 0.717) is 22.5 Å². The molecule has 1 aliphatic rings. The van der Waals surface area contributed by atoms with Gasteiger partial charge in [0.1, 0.15) is 11.3 Å². The maximum atomic E-state index is 13.4. The molecule has 0 amide bonds. The van der Waals surface area contributed by atoms with Crippen LogP contribution >= 0.6 is 11.3 Å². The number of Topliss-reactive ketones (excluding diaryl/α,β-unsaturated/α-hetero) is 2. The molecular weight excluding hydrogens is 468 g/mol. The Labute approximate surface area is 209 Å². The minimum atomic E-state index is -0.265. The second-order valence-electron chi connectivity index (χ2n) is 8.54. The van der Waals surface area contributed by atoms with Crippen molar-refractivity contribution < 1.29 is 9.59 Å². The van der Waals surface area contributed by atoms with Gasteiger partial charge in [0.05, 0.1) is 34.0 Å². The van der Waals surface area contributed by atoms with Crippen molar-refractivity contribution >= 4 is 50.1 Å². The zero-order valence-corrected chi connectivity index (χ0v) is 19.6. The number of carbonyl (C=O) groups is 2. The molecule has 36 heavy (non-hydrogen) atoms. The molecule has 0 saturated carbocycles. The van der Waals surface area contributed by atoms with E-state index in [9.17, 15) is 9.59 Å². The van der Waals surface area contributed by atoms with Gasteiger partial charge in [-0.1, -0.05) is 54.6 Å². The number of nitrogens with zero attached hydrogens (tertiary/aromatic N) is 4. The number of ketones is 2. The molecule has 0 spiro atoms. The fraction of sp³-hybridized carbons (Fsp3) is 0. The van der Waals surface area contributed by atoms with Gasteiger partial charge in [-0.3, -0.25) is 14.2 Å². The molecule has 1 aliphatic carbocycles. The minimum Gasteiger partial charge on any atom is -0.291 e. The van der Waals surface area contributed by atoms with Gasteiger partial charge in [-0.05, 0) is 35.0 Å². The third kappa shape index (κ3) is 3.14. The van der Waals surface area contributed by atoms with Crippen molar-refractivity contribution in [1.82, 2.24) is 19.5 Å². The van der Waals surface area contributed by atoms with Crippen LogP contribution in [0.5, 0.6) is 0 Å². The van der Waals surface area contributed by atoms with Gasteiger partial charge in [0.2, 0.25) is 0 Å². The molecule has 0 bridgehead atoms. The predicted octanol–water partition coefficient (Wildman–Crippen LogP) is 6.16. The Bertz CT molecular complexity index is 1810. The third-order valence-corrected chi connectivity index (χ3v) is 7.41. The van der Waals surface area contributed by atoms with Crippen molar-refractivity contribution in [1.29, 1.82) is 0 Å². The number of allylic oxidation sites excluding steroid dienone is 1. The highest BCUT2D eigenvalue weighted by atomic mass is 32.1. The summed E-state index contributed by atoms with van der Waals surface area (Å²) >= 11 is 1.56. The van der Waals surface area contributed by atoms with Gasteiger partial charge < -0.3 is 0 Å². The summed E-state index contributed by atoms with van der Waals surface area (Å²) in [6, 6.07) is 23.3. The largest absolute Gasteiger partial charge is 0.291 e. The fourth-order valence-electron chi connectivity index (χ4n) is 4.68. The molecule has 3 aromatic carbocycles. The number of hydrogen-bond donors (Lipinski definition) is 0. The number of carbonyl (C=O) groups excluding carboxylic acids is 2. The SMILES string of the molecule is O=C1C(=Cc2cc3sc(-c4ccccc4)nc3n2-c2cncnc2)C(=O)c2cc3ccccc3cc21. The van der Waals surface area contributed by atoms with Crippen LogP contribution in [0.1, 0.15) is 26.4 Å². The zero-order valence-electron chi connectivity index (χ0n) is 18.8. The van der Waals surface area contributed by atoms with Crippen molar-refractivity contribution in [3.63, 3.8) is 0 Å². The quantitative estimate of drug-likeness (QED) is 0.222. The van der Waals surface area contributed by atoms with Gasteiger partial charge in [0.25, 0.3) is 0 Å². The van der Waals surface area contributed by atoms with Crippen molar-refractivity contribution in [2.24, 2.45) is 0 Å². The molecule has 6 aromatic rings. The molecule has 170 valence electrons. The zero-order chi connectivity index (χ0) is 24.2. The van der Waals surface area contributed by atoms with E-state index in [1.54, 1.807) is 29.8 Å². The van der Waals surface area contributed by atoms with Crippen molar-refractivity contribution in [3.8, 4) is 16.3 Å².